The van der Waals surface area contributed by atoms with Gasteiger partial charge in [-0.1, -0.05) is 12.1 Å². The number of methoxy groups -OCH3 is 2. The Morgan fingerprint density at radius 2 is 1.73 bits per heavy atom. The summed E-state index contributed by atoms with van der Waals surface area (Å²) in [5.41, 5.74) is 7.13. The molecule has 2 rings (SSSR count). The lowest BCUT2D eigenvalue weighted by molar-refractivity contribution is 0.354. The Morgan fingerprint density at radius 3 is 2.32 bits per heavy atom. The molecule has 0 heterocycles. The van der Waals surface area contributed by atoms with Crippen LogP contribution in [0.1, 0.15) is 17.0 Å². The quantitative estimate of drug-likeness (QED) is 0.891. The van der Waals surface area contributed by atoms with Gasteiger partial charge < -0.3 is 15.2 Å². The number of hydrogen-bond donors (Lipinski definition) is 1. The molecule has 0 aliphatic carbocycles. The van der Waals surface area contributed by atoms with Gasteiger partial charge in [0.2, 0.25) is 0 Å². The van der Waals surface area contributed by atoms with Crippen LogP contribution < -0.4 is 15.2 Å². The SMILES string of the molecule is COc1ccc(CC(CN)c2ccc(F)cc2F)cc1OC. The number of benzene rings is 2. The van der Waals surface area contributed by atoms with Crippen LogP contribution in [-0.2, 0) is 6.42 Å². The van der Waals surface area contributed by atoms with Gasteiger partial charge in [-0.15, -0.1) is 0 Å². The van der Waals surface area contributed by atoms with E-state index >= 15 is 0 Å². The van der Waals surface area contributed by atoms with E-state index in [0.29, 0.717) is 23.5 Å². The Balaban J connectivity index is 2.26. The molecule has 0 amide bonds. The van der Waals surface area contributed by atoms with Gasteiger partial charge in [0.1, 0.15) is 11.6 Å². The van der Waals surface area contributed by atoms with Crippen molar-refractivity contribution >= 4 is 0 Å². The molecule has 2 aromatic carbocycles. The van der Waals surface area contributed by atoms with E-state index in [0.717, 1.165) is 11.6 Å². The summed E-state index contributed by atoms with van der Waals surface area (Å²) in [6.45, 7) is 0.261. The van der Waals surface area contributed by atoms with Gasteiger partial charge in [-0.2, -0.15) is 0 Å². The van der Waals surface area contributed by atoms with E-state index in [-0.39, 0.29) is 12.5 Å². The minimum absolute atomic E-state index is 0.237. The molecule has 0 fully saturated rings. The average molecular weight is 307 g/mol. The molecule has 1 unspecified atom stereocenters. The zero-order chi connectivity index (χ0) is 16.1. The van der Waals surface area contributed by atoms with Gasteiger partial charge in [-0.3, -0.25) is 0 Å². The van der Waals surface area contributed by atoms with E-state index in [1.807, 2.05) is 12.1 Å². The molecule has 0 aromatic heterocycles. The van der Waals surface area contributed by atoms with Gasteiger partial charge in [-0.05, 0) is 42.3 Å². The average Bonchev–Trinajstić information content (AvgIpc) is 2.53. The Morgan fingerprint density at radius 1 is 1.00 bits per heavy atom. The molecule has 0 bridgehead atoms. The second-order valence-corrected chi connectivity index (χ2v) is 4.99. The predicted molar refractivity (Wildman–Crippen MR) is 81.4 cm³/mol. The lowest BCUT2D eigenvalue weighted by Crippen LogP contribution is -2.16. The van der Waals surface area contributed by atoms with Crippen molar-refractivity contribution in [2.45, 2.75) is 12.3 Å². The summed E-state index contributed by atoms with van der Waals surface area (Å²) < 4.78 is 37.4. The van der Waals surface area contributed by atoms with Crippen LogP contribution in [0.5, 0.6) is 11.5 Å². The molecular formula is C17H19F2NO2. The number of rotatable bonds is 6. The largest absolute Gasteiger partial charge is 0.493 e. The minimum atomic E-state index is -0.594. The van der Waals surface area contributed by atoms with Gasteiger partial charge in [0, 0.05) is 12.0 Å². The monoisotopic (exact) mass is 307 g/mol. The predicted octanol–water partition coefficient (Wildman–Crippen LogP) is 3.27. The van der Waals surface area contributed by atoms with Crippen molar-refractivity contribution in [3.8, 4) is 11.5 Å². The summed E-state index contributed by atoms with van der Waals surface area (Å²) in [6, 6.07) is 9.09. The molecule has 5 heteroatoms. The number of nitrogens with two attached hydrogens (primary N) is 1. The molecule has 2 aromatic rings. The standard InChI is InChI=1S/C17H19F2NO2/c1-21-16-6-3-11(8-17(16)22-2)7-12(10-20)14-5-4-13(18)9-15(14)19/h3-6,8-9,12H,7,10,20H2,1-2H3. The van der Waals surface area contributed by atoms with Crippen molar-refractivity contribution in [1.29, 1.82) is 0 Å². The topological polar surface area (TPSA) is 44.5 Å². The number of hydrogen-bond acceptors (Lipinski definition) is 3. The molecule has 0 radical (unpaired) electrons. The Labute approximate surface area is 128 Å². The lowest BCUT2D eigenvalue weighted by atomic mass is 9.91. The first-order valence-electron chi connectivity index (χ1n) is 6.95. The number of halogens is 2. The smallest absolute Gasteiger partial charge is 0.160 e. The Bertz CT molecular complexity index is 647. The molecular weight excluding hydrogens is 288 g/mol. The molecule has 2 N–H and O–H groups in total. The van der Waals surface area contributed by atoms with Crippen LogP contribution in [0.3, 0.4) is 0 Å². The normalized spacial score (nSPS) is 12.0. The second kappa shape index (κ2) is 7.22. The highest BCUT2D eigenvalue weighted by molar-refractivity contribution is 5.43. The van der Waals surface area contributed by atoms with Gasteiger partial charge in [0.15, 0.2) is 11.5 Å². The molecule has 0 saturated heterocycles. The van der Waals surface area contributed by atoms with Crippen LogP contribution in [0.2, 0.25) is 0 Å². The lowest BCUT2D eigenvalue weighted by Gasteiger charge is -2.17. The maximum atomic E-state index is 13.9. The third kappa shape index (κ3) is 3.54. The van der Waals surface area contributed by atoms with E-state index < -0.39 is 11.6 Å². The highest BCUT2D eigenvalue weighted by Crippen LogP contribution is 2.30. The first kappa shape index (κ1) is 16.2. The fraction of sp³-hybridized carbons (Fsp3) is 0.294. The first-order chi connectivity index (χ1) is 10.6. The molecule has 0 saturated carbocycles. The maximum absolute atomic E-state index is 13.9. The van der Waals surface area contributed by atoms with Crippen molar-refractivity contribution in [2.24, 2.45) is 5.73 Å². The first-order valence-corrected chi connectivity index (χ1v) is 6.95. The van der Waals surface area contributed by atoms with Crippen LogP contribution >= 0.6 is 0 Å². The number of ether oxygens (including phenoxy) is 2. The minimum Gasteiger partial charge on any atom is -0.493 e. The Kier molecular flexibility index (Phi) is 5.33. The van der Waals surface area contributed by atoms with Crippen LogP contribution in [-0.4, -0.2) is 20.8 Å². The summed E-state index contributed by atoms with van der Waals surface area (Å²) >= 11 is 0. The molecule has 3 nitrogen and oxygen atoms in total. The van der Waals surface area contributed by atoms with Crippen LogP contribution in [0.25, 0.3) is 0 Å². The molecule has 1 atom stereocenters. The van der Waals surface area contributed by atoms with Crippen LogP contribution in [0.4, 0.5) is 8.78 Å². The van der Waals surface area contributed by atoms with Gasteiger partial charge >= 0.3 is 0 Å². The van der Waals surface area contributed by atoms with E-state index in [1.165, 1.54) is 12.1 Å². The zero-order valence-electron chi connectivity index (χ0n) is 12.6. The van der Waals surface area contributed by atoms with Crippen molar-refractivity contribution < 1.29 is 18.3 Å². The summed E-state index contributed by atoms with van der Waals surface area (Å²) in [7, 11) is 3.12. The molecule has 0 aliphatic rings. The molecule has 0 spiro atoms. The van der Waals surface area contributed by atoms with Crippen molar-refractivity contribution in [3.05, 3.63) is 59.2 Å². The molecule has 118 valence electrons. The summed E-state index contributed by atoms with van der Waals surface area (Å²) in [5.74, 6) is -0.170. The Hall–Kier alpha value is -2.14. The van der Waals surface area contributed by atoms with Crippen molar-refractivity contribution in [1.82, 2.24) is 0 Å². The fourth-order valence-corrected chi connectivity index (χ4v) is 2.44. The fourth-order valence-electron chi connectivity index (χ4n) is 2.44. The van der Waals surface area contributed by atoms with Crippen molar-refractivity contribution in [2.75, 3.05) is 20.8 Å². The third-order valence-electron chi connectivity index (χ3n) is 3.62. The third-order valence-corrected chi connectivity index (χ3v) is 3.62. The van der Waals surface area contributed by atoms with E-state index in [2.05, 4.69) is 0 Å². The van der Waals surface area contributed by atoms with Crippen LogP contribution in [0, 0.1) is 11.6 Å². The maximum Gasteiger partial charge on any atom is 0.160 e. The summed E-state index contributed by atoms with van der Waals surface area (Å²) in [4.78, 5) is 0. The van der Waals surface area contributed by atoms with Crippen LogP contribution in [0.15, 0.2) is 36.4 Å². The van der Waals surface area contributed by atoms with Gasteiger partial charge in [-0.25, -0.2) is 8.78 Å². The summed E-state index contributed by atoms with van der Waals surface area (Å²) in [6.07, 6.45) is 0.527. The summed E-state index contributed by atoms with van der Waals surface area (Å²) in [5, 5.41) is 0. The highest BCUT2D eigenvalue weighted by atomic mass is 19.1. The van der Waals surface area contributed by atoms with Crippen molar-refractivity contribution in [3.63, 3.8) is 0 Å². The van der Waals surface area contributed by atoms with Gasteiger partial charge in [0.25, 0.3) is 0 Å². The molecule has 0 aliphatic heterocycles. The van der Waals surface area contributed by atoms with Gasteiger partial charge in [0.05, 0.1) is 14.2 Å². The van der Waals surface area contributed by atoms with E-state index in [4.69, 9.17) is 15.2 Å². The highest BCUT2D eigenvalue weighted by Gasteiger charge is 2.16. The van der Waals surface area contributed by atoms with E-state index in [1.54, 1.807) is 20.3 Å². The zero-order valence-corrected chi connectivity index (χ0v) is 12.6. The second-order valence-electron chi connectivity index (χ2n) is 4.99. The van der Waals surface area contributed by atoms with E-state index in [9.17, 15) is 8.78 Å². The molecule has 22 heavy (non-hydrogen) atoms.